The minimum atomic E-state index is -0.460. The van der Waals surface area contributed by atoms with Gasteiger partial charge in [-0.15, -0.1) is 0 Å². The van der Waals surface area contributed by atoms with Crippen molar-refractivity contribution in [1.29, 1.82) is 0 Å². The SMILES string of the molecule is CCOc1cc(/C=C2/SC(=S)N(Cc3ccccc3)C2=O)ccc1OCCOc1ccc([N+](=O)[O-])cc1. The summed E-state index contributed by atoms with van der Waals surface area (Å²) in [7, 11) is 0. The molecular weight excluding hydrogens is 512 g/mol. The Morgan fingerprint density at radius 3 is 2.41 bits per heavy atom. The molecule has 0 bridgehead atoms. The molecule has 0 aromatic heterocycles. The molecule has 37 heavy (non-hydrogen) atoms. The van der Waals surface area contributed by atoms with Crippen LogP contribution < -0.4 is 14.2 Å². The van der Waals surface area contributed by atoms with Gasteiger partial charge in [0.05, 0.1) is 23.0 Å². The minimum Gasteiger partial charge on any atom is -0.490 e. The van der Waals surface area contributed by atoms with Gasteiger partial charge in [0.1, 0.15) is 23.3 Å². The number of hydrogen-bond acceptors (Lipinski definition) is 8. The van der Waals surface area contributed by atoms with E-state index in [1.54, 1.807) is 29.2 Å². The summed E-state index contributed by atoms with van der Waals surface area (Å²) in [4.78, 5) is 25.4. The van der Waals surface area contributed by atoms with E-state index in [1.807, 2.05) is 49.4 Å². The summed E-state index contributed by atoms with van der Waals surface area (Å²) in [6.07, 6.45) is 1.80. The average molecular weight is 537 g/mol. The van der Waals surface area contributed by atoms with Gasteiger partial charge < -0.3 is 14.2 Å². The fourth-order valence-electron chi connectivity index (χ4n) is 3.53. The Hall–Kier alpha value is -3.89. The number of nitro groups is 1. The highest BCUT2D eigenvalue weighted by Gasteiger charge is 2.32. The molecule has 1 aliphatic rings. The molecule has 0 spiro atoms. The lowest BCUT2D eigenvalue weighted by Crippen LogP contribution is -2.27. The lowest BCUT2D eigenvalue weighted by Gasteiger charge is -2.14. The molecule has 1 heterocycles. The van der Waals surface area contributed by atoms with Gasteiger partial charge >= 0.3 is 0 Å². The molecule has 190 valence electrons. The molecule has 1 amide bonds. The average Bonchev–Trinajstić information content (AvgIpc) is 3.16. The number of hydrogen-bond donors (Lipinski definition) is 0. The van der Waals surface area contributed by atoms with Gasteiger partial charge in [-0.3, -0.25) is 19.8 Å². The number of carbonyl (C=O) groups excluding carboxylic acids is 1. The number of benzene rings is 3. The van der Waals surface area contributed by atoms with Gasteiger partial charge in [0, 0.05) is 12.1 Å². The molecule has 0 N–H and O–H groups in total. The van der Waals surface area contributed by atoms with Gasteiger partial charge in [-0.25, -0.2) is 0 Å². The Bertz CT molecular complexity index is 1310. The number of non-ortho nitro benzene ring substituents is 1. The van der Waals surface area contributed by atoms with E-state index >= 15 is 0 Å². The standard InChI is InChI=1S/C27H24N2O6S2/c1-2-33-24-16-20(17-25-26(30)28(27(36)37-25)18-19-6-4-3-5-7-19)8-13-23(24)35-15-14-34-22-11-9-21(10-12-22)29(31)32/h3-13,16-17H,2,14-15,18H2,1H3/b25-17+. The lowest BCUT2D eigenvalue weighted by atomic mass is 10.1. The van der Waals surface area contributed by atoms with E-state index in [4.69, 9.17) is 26.4 Å². The van der Waals surface area contributed by atoms with Gasteiger partial charge in [-0.1, -0.05) is 60.4 Å². The number of thioether (sulfide) groups is 1. The molecule has 0 radical (unpaired) electrons. The highest BCUT2D eigenvalue weighted by Crippen LogP contribution is 2.35. The molecule has 0 unspecified atom stereocenters. The minimum absolute atomic E-state index is 0.00319. The van der Waals surface area contributed by atoms with Crippen LogP contribution >= 0.6 is 24.0 Å². The number of thiocarbonyl (C=S) groups is 1. The smallest absolute Gasteiger partial charge is 0.269 e. The van der Waals surface area contributed by atoms with Crippen LogP contribution in [-0.4, -0.2) is 39.9 Å². The quantitative estimate of drug-likeness (QED) is 0.0991. The van der Waals surface area contributed by atoms with Crippen molar-refractivity contribution in [2.75, 3.05) is 19.8 Å². The predicted octanol–water partition coefficient (Wildman–Crippen LogP) is 5.85. The summed E-state index contributed by atoms with van der Waals surface area (Å²) >= 11 is 6.73. The zero-order chi connectivity index (χ0) is 26.2. The van der Waals surface area contributed by atoms with Gasteiger partial charge in [0.15, 0.2) is 11.5 Å². The van der Waals surface area contributed by atoms with Crippen molar-refractivity contribution in [3.8, 4) is 17.2 Å². The molecule has 0 saturated carbocycles. The Morgan fingerprint density at radius 2 is 1.70 bits per heavy atom. The second kappa shape index (κ2) is 12.4. The van der Waals surface area contributed by atoms with E-state index in [2.05, 4.69) is 0 Å². The van der Waals surface area contributed by atoms with Crippen molar-refractivity contribution in [2.45, 2.75) is 13.5 Å². The van der Waals surface area contributed by atoms with Crippen LogP contribution in [-0.2, 0) is 11.3 Å². The summed E-state index contributed by atoms with van der Waals surface area (Å²) in [5.74, 6) is 1.48. The van der Waals surface area contributed by atoms with Crippen molar-refractivity contribution in [3.05, 3.63) is 98.9 Å². The zero-order valence-corrected chi connectivity index (χ0v) is 21.6. The maximum Gasteiger partial charge on any atom is 0.269 e. The number of amides is 1. The second-order valence-corrected chi connectivity index (χ2v) is 9.52. The maximum absolute atomic E-state index is 13.0. The summed E-state index contributed by atoms with van der Waals surface area (Å²) in [6, 6.07) is 21.0. The first-order chi connectivity index (χ1) is 17.9. The zero-order valence-electron chi connectivity index (χ0n) is 20.0. The van der Waals surface area contributed by atoms with Gasteiger partial charge in [-0.05, 0) is 48.4 Å². The van der Waals surface area contributed by atoms with Gasteiger partial charge in [-0.2, -0.15) is 0 Å². The van der Waals surface area contributed by atoms with Crippen molar-refractivity contribution < 1.29 is 23.9 Å². The van der Waals surface area contributed by atoms with E-state index in [0.29, 0.717) is 39.6 Å². The van der Waals surface area contributed by atoms with Crippen molar-refractivity contribution in [1.82, 2.24) is 4.90 Å². The predicted molar refractivity (Wildman–Crippen MR) is 147 cm³/mol. The molecule has 10 heteroatoms. The van der Waals surface area contributed by atoms with Crippen LogP contribution in [0.25, 0.3) is 6.08 Å². The van der Waals surface area contributed by atoms with E-state index in [-0.39, 0.29) is 24.8 Å². The van der Waals surface area contributed by atoms with Crippen molar-refractivity contribution >= 4 is 46.0 Å². The molecule has 4 rings (SSSR count). The summed E-state index contributed by atoms with van der Waals surface area (Å²) in [6.45, 7) is 3.24. The monoisotopic (exact) mass is 536 g/mol. The molecule has 1 fully saturated rings. The number of nitro benzene ring substituents is 1. The molecule has 0 atom stereocenters. The molecule has 3 aromatic rings. The number of carbonyl (C=O) groups is 1. The number of nitrogens with zero attached hydrogens (tertiary/aromatic N) is 2. The van der Waals surface area contributed by atoms with Crippen LogP contribution in [0.1, 0.15) is 18.1 Å². The Morgan fingerprint density at radius 1 is 0.973 bits per heavy atom. The first kappa shape index (κ1) is 26.2. The number of ether oxygens (including phenoxy) is 3. The first-order valence-electron chi connectivity index (χ1n) is 11.5. The van der Waals surface area contributed by atoms with Gasteiger partial charge in [0.2, 0.25) is 0 Å². The number of rotatable bonds is 11. The summed E-state index contributed by atoms with van der Waals surface area (Å²) in [5.41, 5.74) is 1.80. The maximum atomic E-state index is 13.0. The Kier molecular flexibility index (Phi) is 8.76. The van der Waals surface area contributed by atoms with E-state index < -0.39 is 4.92 Å². The highest BCUT2D eigenvalue weighted by atomic mass is 32.2. The van der Waals surface area contributed by atoms with Crippen LogP contribution in [0.15, 0.2) is 77.7 Å². The fourth-order valence-corrected chi connectivity index (χ4v) is 4.79. The summed E-state index contributed by atoms with van der Waals surface area (Å²) < 4.78 is 17.7. The lowest BCUT2D eigenvalue weighted by molar-refractivity contribution is -0.384. The van der Waals surface area contributed by atoms with E-state index in [9.17, 15) is 14.9 Å². The molecule has 0 aliphatic carbocycles. The Balaban J connectivity index is 1.38. The van der Waals surface area contributed by atoms with Crippen LogP contribution in [0.4, 0.5) is 5.69 Å². The first-order valence-corrected chi connectivity index (χ1v) is 12.7. The topological polar surface area (TPSA) is 91.1 Å². The van der Waals surface area contributed by atoms with Crippen LogP contribution in [0, 0.1) is 10.1 Å². The molecule has 1 aliphatic heterocycles. The van der Waals surface area contributed by atoms with Crippen molar-refractivity contribution in [3.63, 3.8) is 0 Å². The molecule has 3 aromatic carbocycles. The molecule has 1 saturated heterocycles. The Labute approximate surface area is 224 Å². The second-order valence-electron chi connectivity index (χ2n) is 7.84. The van der Waals surface area contributed by atoms with E-state index in [0.717, 1.165) is 11.1 Å². The fraction of sp³-hybridized carbons (Fsp3) is 0.185. The van der Waals surface area contributed by atoms with Crippen molar-refractivity contribution in [2.24, 2.45) is 0 Å². The third-order valence-electron chi connectivity index (χ3n) is 5.28. The van der Waals surface area contributed by atoms with E-state index in [1.165, 1.54) is 23.9 Å². The van der Waals surface area contributed by atoms with Crippen LogP contribution in [0.3, 0.4) is 0 Å². The van der Waals surface area contributed by atoms with Crippen LogP contribution in [0.2, 0.25) is 0 Å². The normalized spacial score (nSPS) is 14.2. The van der Waals surface area contributed by atoms with Crippen LogP contribution in [0.5, 0.6) is 17.2 Å². The van der Waals surface area contributed by atoms with Gasteiger partial charge in [0.25, 0.3) is 11.6 Å². The summed E-state index contributed by atoms with van der Waals surface area (Å²) in [5, 5.41) is 10.8. The highest BCUT2D eigenvalue weighted by molar-refractivity contribution is 8.26. The third kappa shape index (κ3) is 6.87. The molecule has 8 nitrogen and oxygen atoms in total. The largest absolute Gasteiger partial charge is 0.490 e. The third-order valence-corrected chi connectivity index (χ3v) is 6.66. The molecular formula is C27H24N2O6S2.